The number of amides is 1. The molecular formula is C13H20F3N3O4S. The number of piperidine rings is 1. The van der Waals surface area contributed by atoms with Gasteiger partial charge in [-0.3, -0.25) is 4.79 Å². The summed E-state index contributed by atoms with van der Waals surface area (Å²) in [7, 11) is -3.54. The van der Waals surface area contributed by atoms with Crippen molar-refractivity contribution in [2.45, 2.75) is 45.0 Å². The third-order valence-corrected chi connectivity index (χ3v) is 6.13. The first kappa shape index (κ1) is 19.1. The van der Waals surface area contributed by atoms with E-state index >= 15 is 0 Å². The van der Waals surface area contributed by atoms with Crippen LogP contribution in [0.25, 0.3) is 0 Å². The Morgan fingerprint density at radius 1 is 1.46 bits per heavy atom. The molecule has 7 nitrogen and oxygen atoms in total. The van der Waals surface area contributed by atoms with E-state index in [4.69, 9.17) is 0 Å². The highest BCUT2D eigenvalue weighted by molar-refractivity contribution is 7.89. The van der Waals surface area contributed by atoms with E-state index in [9.17, 15) is 31.5 Å². The molecule has 1 amide bonds. The molecule has 0 radical (unpaired) electrons. The van der Waals surface area contributed by atoms with Gasteiger partial charge >= 0.3 is 6.18 Å². The van der Waals surface area contributed by atoms with Gasteiger partial charge in [0.05, 0.1) is 11.7 Å². The van der Waals surface area contributed by atoms with Gasteiger partial charge in [0.15, 0.2) is 0 Å². The lowest BCUT2D eigenvalue weighted by Crippen LogP contribution is -2.59. The van der Waals surface area contributed by atoms with Gasteiger partial charge in [-0.2, -0.15) is 23.3 Å². The molecule has 11 heteroatoms. The van der Waals surface area contributed by atoms with Crippen LogP contribution < -0.4 is 0 Å². The summed E-state index contributed by atoms with van der Waals surface area (Å²) in [6.45, 7) is 2.77. The molecule has 0 saturated carbocycles. The van der Waals surface area contributed by atoms with Crippen molar-refractivity contribution >= 4 is 21.6 Å². The van der Waals surface area contributed by atoms with Crippen LogP contribution in [0.3, 0.4) is 0 Å². The maximum atomic E-state index is 13.2. The number of carbonyl (C=O) groups is 1. The normalized spacial score (nSPS) is 29.7. The average molecular weight is 371 g/mol. The molecule has 1 saturated heterocycles. The Balaban J connectivity index is 2.24. The van der Waals surface area contributed by atoms with Crippen LogP contribution in [0.5, 0.6) is 0 Å². The third kappa shape index (κ3) is 3.29. The SMILES string of the molecule is CCS(=O)(=O)N1CCC[C@@H](C(=O)N2N=C(C)C[C@@]2(O)C(F)(F)F)C1. The summed E-state index contributed by atoms with van der Waals surface area (Å²) >= 11 is 0. The van der Waals surface area contributed by atoms with Gasteiger partial charge in [-0.1, -0.05) is 0 Å². The Hall–Kier alpha value is -1.20. The molecule has 2 aliphatic heterocycles. The van der Waals surface area contributed by atoms with Crippen molar-refractivity contribution in [1.29, 1.82) is 0 Å². The number of aliphatic hydroxyl groups is 1. The zero-order chi connectivity index (χ0) is 18.3. The fourth-order valence-electron chi connectivity index (χ4n) is 2.92. The lowest BCUT2D eigenvalue weighted by Gasteiger charge is -2.37. The van der Waals surface area contributed by atoms with E-state index in [1.165, 1.54) is 13.8 Å². The van der Waals surface area contributed by atoms with Crippen molar-refractivity contribution in [2.24, 2.45) is 11.0 Å². The van der Waals surface area contributed by atoms with Crippen molar-refractivity contribution in [3.05, 3.63) is 0 Å². The van der Waals surface area contributed by atoms with Crippen LogP contribution in [-0.2, 0) is 14.8 Å². The quantitative estimate of drug-likeness (QED) is 0.798. The molecule has 2 heterocycles. The maximum absolute atomic E-state index is 13.2. The van der Waals surface area contributed by atoms with Crippen LogP contribution in [0, 0.1) is 5.92 Å². The van der Waals surface area contributed by atoms with Crippen molar-refractivity contribution in [1.82, 2.24) is 9.31 Å². The fraction of sp³-hybridized carbons (Fsp3) is 0.846. The number of carbonyl (C=O) groups excluding carboxylic acids is 1. The van der Waals surface area contributed by atoms with Gasteiger partial charge in [0.1, 0.15) is 0 Å². The van der Waals surface area contributed by atoms with E-state index in [1.807, 2.05) is 0 Å². The second kappa shape index (κ2) is 6.26. The van der Waals surface area contributed by atoms with E-state index in [0.29, 0.717) is 6.42 Å². The summed E-state index contributed by atoms with van der Waals surface area (Å²) < 4.78 is 64.5. The summed E-state index contributed by atoms with van der Waals surface area (Å²) in [6.07, 6.45) is -5.27. The van der Waals surface area contributed by atoms with Crippen molar-refractivity contribution in [3.8, 4) is 0 Å². The number of rotatable bonds is 3. The molecule has 0 spiro atoms. The summed E-state index contributed by atoms with van der Waals surface area (Å²) in [6, 6.07) is 0. The Kier molecular flexibility index (Phi) is 4.99. The summed E-state index contributed by atoms with van der Waals surface area (Å²) in [5.41, 5.74) is -3.39. The molecule has 0 aromatic heterocycles. The molecule has 2 atom stereocenters. The predicted octanol–water partition coefficient (Wildman–Crippen LogP) is 0.907. The van der Waals surface area contributed by atoms with Crippen molar-refractivity contribution < 1.29 is 31.5 Å². The highest BCUT2D eigenvalue weighted by Gasteiger charge is 2.63. The second-order valence-electron chi connectivity index (χ2n) is 6.07. The number of alkyl halides is 3. The Labute approximate surface area is 138 Å². The van der Waals surface area contributed by atoms with E-state index in [-0.39, 0.29) is 36.0 Å². The topological polar surface area (TPSA) is 90.3 Å². The van der Waals surface area contributed by atoms with E-state index in [1.54, 1.807) is 0 Å². The molecule has 0 unspecified atom stereocenters. The van der Waals surface area contributed by atoms with E-state index in [0.717, 1.165) is 4.31 Å². The smallest absolute Gasteiger partial charge is 0.362 e. The first-order valence-corrected chi connectivity index (χ1v) is 9.18. The average Bonchev–Trinajstić information content (AvgIpc) is 2.82. The van der Waals surface area contributed by atoms with Crippen LogP contribution in [0.2, 0.25) is 0 Å². The summed E-state index contributed by atoms with van der Waals surface area (Å²) in [4.78, 5) is 12.5. The van der Waals surface area contributed by atoms with Crippen LogP contribution in [0.15, 0.2) is 5.10 Å². The fourth-order valence-corrected chi connectivity index (χ4v) is 4.10. The van der Waals surface area contributed by atoms with Crippen LogP contribution >= 0.6 is 0 Å². The zero-order valence-electron chi connectivity index (χ0n) is 13.4. The molecular weight excluding hydrogens is 351 g/mol. The highest BCUT2D eigenvalue weighted by atomic mass is 32.2. The minimum atomic E-state index is -5.06. The molecule has 1 fully saturated rings. The Morgan fingerprint density at radius 2 is 2.08 bits per heavy atom. The predicted molar refractivity (Wildman–Crippen MR) is 79.3 cm³/mol. The van der Waals surface area contributed by atoms with E-state index in [2.05, 4.69) is 5.10 Å². The highest BCUT2D eigenvalue weighted by Crippen LogP contribution is 2.41. The van der Waals surface area contributed by atoms with Gasteiger partial charge in [0.25, 0.3) is 5.72 Å². The third-order valence-electron chi connectivity index (χ3n) is 4.28. The molecule has 0 aromatic carbocycles. The minimum Gasteiger partial charge on any atom is -0.362 e. The number of halogens is 3. The molecule has 24 heavy (non-hydrogen) atoms. The number of hydrazone groups is 1. The lowest BCUT2D eigenvalue weighted by atomic mass is 9.97. The summed E-state index contributed by atoms with van der Waals surface area (Å²) in [5.74, 6) is -2.13. The second-order valence-corrected chi connectivity index (χ2v) is 8.33. The first-order valence-electron chi connectivity index (χ1n) is 7.57. The molecule has 2 aliphatic rings. The molecule has 0 aromatic rings. The largest absolute Gasteiger partial charge is 0.438 e. The van der Waals surface area contributed by atoms with Crippen molar-refractivity contribution in [3.63, 3.8) is 0 Å². The number of hydrogen-bond donors (Lipinski definition) is 1. The summed E-state index contributed by atoms with van der Waals surface area (Å²) in [5, 5.41) is 13.6. The molecule has 2 rings (SSSR count). The Morgan fingerprint density at radius 3 is 2.62 bits per heavy atom. The maximum Gasteiger partial charge on any atom is 0.438 e. The van der Waals surface area contributed by atoms with Gasteiger partial charge < -0.3 is 5.11 Å². The van der Waals surface area contributed by atoms with Gasteiger partial charge in [-0.05, 0) is 26.7 Å². The lowest BCUT2D eigenvalue weighted by molar-refractivity contribution is -0.303. The number of sulfonamides is 1. The standard InChI is InChI=1S/C13H20F3N3O4S/c1-3-24(22,23)18-6-4-5-10(8-18)11(20)19-12(21,13(14,15)16)7-9(2)17-19/h10,21H,3-8H2,1-2H3/t10-,12-/m1/s1. The molecule has 0 aliphatic carbocycles. The van der Waals surface area contributed by atoms with E-state index < -0.39 is 40.2 Å². The van der Waals surface area contributed by atoms with Crippen LogP contribution in [-0.4, -0.2) is 65.2 Å². The molecule has 138 valence electrons. The first-order chi connectivity index (χ1) is 10.9. The monoisotopic (exact) mass is 371 g/mol. The van der Waals surface area contributed by atoms with Gasteiger partial charge in [0.2, 0.25) is 15.9 Å². The molecule has 1 N–H and O–H groups in total. The number of hydrogen-bond acceptors (Lipinski definition) is 5. The van der Waals surface area contributed by atoms with Crippen LogP contribution in [0.4, 0.5) is 13.2 Å². The zero-order valence-corrected chi connectivity index (χ0v) is 14.2. The van der Waals surface area contributed by atoms with Gasteiger partial charge in [-0.15, -0.1) is 0 Å². The Bertz CT molecular complexity index is 649. The number of nitrogens with zero attached hydrogens (tertiary/aromatic N) is 3. The van der Waals surface area contributed by atoms with Crippen molar-refractivity contribution in [2.75, 3.05) is 18.8 Å². The molecule has 0 bridgehead atoms. The minimum absolute atomic E-state index is 0.0166. The van der Waals surface area contributed by atoms with Gasteiger partial charge in [-0.25, -0.2) is 12.7 Å². The van der Waals surface area contributed by atoms with Gasteiger partial charge in [0, 0.05) is 25.2 Å². The van der Waals surface area contributed by atoms with Crippen LogP contribution in [0.1, 0.15) is 33.1 Å².